The first kappa shape index (κ1) is 15.4. The van der Waals surface area contributed by atoms with Gasteiger partial charge < -0.3 is 4.74 Å². The summed E-state index contributed by atoms with van der Waals surface area (Å²) in [6.07, 6.45) is 3.43. The van der Waals surface area contributed by atoms with Gasteiger partial charge in [0.2, 0.25) is 0 Å². The molecule has 3 nitrogen and oxygen atoms in total. The van der Waals surface area contributed by atoms with Gasteiger partial charge in [-0.25, -0.2) is 0 Å². The molecule has 3 heteroatoms. The molecular weight excluding hydrogens is 238 g/mol. The van der Waals surface area contributed by atoms with Crippen LogP contribution in [0.15, 0.2) is 30.3 Å². The molecule has 0 aliphatic rings. The third kappa shape index (κ3) is 5.26. The van der Waals surface area contributed by atoms with Gasteiger partial charge in [0, 0.05) is 0 Å². The molecule has 0 aliphatic heterocycles. The summed E-state index contributed by atoms with van der Waals surface area (Å²) in [6.45, 7) is 9.78. The van der Waals surface area contributed by atoms with E-state index in [0.29, 0.717) is 0 Å². The lowest BCUT2D eigenvalue weighted by molar-refractivity contribution is -0.112. The van der Waals surface area contributed by atoms with Crippen LogP contribution >= 0.6 is 0 Å². The SMILES string of the molecule is CCN(CC)C(C)Oc1ccc(C=CC(C)=O)cc1. The summed E-state index contributed by atoms with van der Waals surface area (Å²) < 4.78 is 5.87. The van der Waals surface area contributed by atoms with E-state index in [1.54, 1.807) is 19.1 Å². The molecule has 0 heterocycles. The fourth-order valence-corrected chi connectivity index (χ4v) is 1.88. The molecule has 0 amide bonds. The molecule has 0 spiro atoms. The van der Waals surface area contributed by atoms with Crippen molar-refractivity contribution < 1.29 is 9.53 Å². The highest BCUT2D eigenvalue weighted by Gasteiger charge is 2.10. The third-order valence-electron chi connectivity index (χ3n) is 3.02. The Bertz CT molecular complexity index is 419. The lowest BCUT2D eigenvalue weighted by Gasteiger charge is -2.26. The Hall–Kier alpha value is -1.61. The Morgan fingerprint density at radius 3 is 2.32 bits per heavy atom. The molecule has 0 aliphatic carbocycles. The number of rotatable bonds is 7. The van der Waals surface area contributed by atoms with Crippen molar-refractivity contribution in [3.63, 3.8) is 0 Å². The maximum atomic E-state index is 10.9. The average molecular weight is 261 g/mol. The van der Waals surface area contributed by atoms with Gasteiger partial charge >= 0.3 is 0 Å². The fraction of sp³-hybridized carbons (Fsp3) is 0.438. The minimum absolute atomic E-state index is 0.0514. The average Bonchev–Trinajstić information content (AvgIpc) is 2.39. The van der Waals surface area contributed by atoms with Crippen LogP contribution in [-0.4, -0.2) is 30.0 Å². The Kier molecular flexibility index (Phi) is 6.30. The number of carbonyl (C=O) groups excluding carboxylic acids is 1. The Labute approximate surface area is 115 Å². The van der Waals surface area contributed by atoms with E-state index >= 15 is 0 Å². The molecule has 1 unspecified atom stereocenters. The van der Waals surface area contributed by atoms with Gasteiger partial charge in [0.1, 0.15) is 12.0 Å². The van der Waals surface area contributed by atoms with Gasteiger partial charge in [0.25, 0.3) is 0 Å². The first-order chi connectivity index (χ1) is 9.06. The van der Waals surface area contributed by atoms with Crippen LogP contribution in [-0.2, 0) is 4.79 Å². The fourth-order valence-electron chi connectivity index (χ4n) is 1.88. The smallest absolute Gasteiger partial charge is 0.152 e. The highest BCUT2D eigenvalue weighted by atomic mass is 16.5. The standard InChI is InChI=1S/C16H23NO2/c1-5-17(6-2)14(4)19-16-11-9-15(10-12-16)8-7-13(3)18/h7-12,14H,5-6H2,1-4H3. The van der Waals surface area contributed by atoms with Crippen LogP contribution in [0.1, 0.15) is 33.3 Å². The highest BCUT2D eigenvalue weighted by Crippen LogP contribution is 2.16. The molecule has 0 radical (unpaired) electrons. The van der Waals surface area contributed by atoms with Crippen LogP contribution in [0.25, 0.3) is 6.08 Å². The molecule has 19 heavy (non-hydrogen) atoms. The van der Waals surface area contributed by atoms with Gasteiger partial charge in [0.05, 0.1) is 0 Å². The van der Waals surface area contributed by atoms with E-state index in [1.165, 1.54) is 0 Å². The number of carbonyl (C=O) groups is 1. The van der Waals surface area contributed by atoms with Gasteiger partial charge in [-0.1, -0.05) is 32.1 Å². The summed E-state index contributed by atoms with van der Waals surface area (Å²) in [5.74, 6) is 0.898. The van der Waals surface area contributed by atoms with Crippen molar-refractivity contribution in [3.8, 4) is 5.75 Å². The van der Waals surface area contributed by atoms with E-state index in [1.807, 2.05) is 24.3 Å². The summed E-state index contributed by atoms with van der Waals surface area (Å²) >= 11 is 0. The first-order valence-electron chi connectivity index (χ1n) is 6.76. The van der Waals surface area contributed by atoms with Gasteiger partial charge in [-0.3, -0.25) is 9.69 Å². The Morgan fingerprint density at radius 2 is 1.84 bits per heavy atom. The van der Waals surface area contributed by atoms with Crippen LogP contribution in [0.4, 0.5) is 0 Å². The zero-order chi connectivity index (χ0) is 14.3. The van der Waals surface area contributed by atoms with Crippen molar-refractivity contribution in [2.45, 2.75) is 33.9 Å². The second-order valence-electron chi connectivity index (χ2n) is 4.45. The molecule has 1 rings (SSSR count). The molecule has 0 aromatic heterocycles. The second kappa shape index (κ2) is 7.74. The van der Waals surface area contributed by atoms with Crippen molar-refractivity contribution >= 4 is 11.9 Å². The Morgan fingerprint density at radius 1 is 1.26 bits per heavy atom. The molecule has 104 valence electrons. The maximum Gasteiger partial charge on any atom is 0.152 e. The number of nitrogens with zero attached hydrogens (tertiary/aromatic N) is 1. The lowest BCUT2D eigenvalue weighted by Crippen LogP contribution is -2.36. The number of ketones is 1. The molecule has 1 aromatic rings. The monoisotopic (exact) mass is 261 g/mol. The van der Waals surface area contributed by atoms with Crippen LogP contribution in [0.5, 0.6) is 5.75 Å². The van der Waals surface area contributed by atoms with Crippen molar-refractivity contribution in [2.75, 3.05) is 13.1 Å². The number of hydrogen-bond donors (Lipinski definition) is 0. The minimum atomic E-state index is 0.0514. The number of allylic oxidation sites excluding steroid dienone is 1. The van der Waals surface area contributed by atoms with Crippen molar-refractivity contribution in [1.82, 2.24) is 4.90 Å². The first-order valence-corrected chi connectivity index (χ1v) is 6.76. The van der Waals surface area contributed by atoms with E-state index in [9.17, 15) is 4.79 Å². The number of benzene rings is 1. The molecule has 0 fully saturated rings. The van der Waals surface area contributed by atoms with Crippen molar-refractivity contribution in [3.05, 3.63) is 35.9 Å². The maximum absolute atomic E-state index is 10.9. The summed E-state index contributed by atoms with van der Waals surface area (Å²) in [4.78, 5) is 13.1. The number of ether oxygens (including phenoxy) is 1. The molecule has 0 N–H and O–H groups in total. The van der Waals surface area contributed by atoms with E-state index in [4.69, 9.17) is 4.74 Å². The predicted octanol–water partition coefficient (Wildman–Crippen LogP) is 3.36. The topological polar surface area (TPSA) is 29.5 Å². The zero-order valence-corrected chi connectivity index (χ0v) is 12.2. The summed E-state index contributed by atoms with van der Waals surface area (Å²) in [5.41, 5.74) is 0.998. The summed E-state index contributed by atoms with van der Waals surface area (Å²) in [5, 5.41) is 0. The summed E-state index contributed by atoms with van der Waals surface area (Å²) in [7, 11) is 0. The molecule has 0 saturated heterocycles. The molecule has 0 saturated carbocycles. The predicted molar refractivity (Wildman–Crippen MR) is 79.2 cm³/mol. The van der Waals surface area contributed by atoms with Crippen molar-refractivity contribution in [2.24, 2.45) is 0 Å². The largest absolute Gasteiger partial charge is 0.475 e. The van der Waals surface area contributed by atoms with Crippen molar-refractivity contribution in [1.29, 1.82) is 0 Å². The van der Waals surface area contributed by atoms with Crippen LogP contribution < -0.4 is 4.74 Å². The van der Waals surface area contributed by atoms with Gasteiger partial charge in [0.15, 0.2) is 5.78 Å². The normalized spacial score (nSPS) is 12.9. The second-order valence-corrected chi connectivity index (χ2v) is 4.45. The molecule has 1 atom stereocenters. The van der Waals surface area contributed by atoms with E-state index in [2.05, 4.69) is 25.7 Å². The number of hydrogen-bond acceptors (Lipinski definition) is 3. The zero-order valence-electron chi connectivity index (χ0n) is 12.2. The third-order valence-corrected chi connectivity index (χ3v) is 3.02. The van der Waals surface area contributed by atoms with Crippen LogP contribution in [0, 0.1) is 0 Å². The molecular formula is C16H23NO2. The van der Waals surface area contributed by atoms with Crippen LogP contribution in [0.3, 0.4) is 0 Å². The van der Waals surface area contributed by atoms with E-state index in [-0.39, 0.29) is 12.0 Å². The van der Waals surface area contributed by atoms with Gasteiger partial charge in [-0.15, -0.1) is 0 Å². The Balaban J connectivity index is 2.64. The molecule has 0 bridgehead atoms. The highest BCUT2D eigenvalue weighted by molar-refractivity contribution is 5.91. The minimum Gasteiger partial charge on any atom is -0.475 e. The van der Waals surface area contributed by atoms with Gasteiger partial charge in [-0.05, 0) is 50.7 Å². The quantitative estimate of drug-likeness (QED) is 0.557. The van der Waals surface area contributed by atoms with Crippen LogP contribution in [0.2, 0.25) is 0 Å². The van der Waals surface area contributed by atoms with Gasteiger partial charge in [-0.2, -0.15) is 0 Å². The molecule has 1 aromatic carbocycles. The van der Waals surface area contributed by atoms with E-state index in [0.717, 1.165) is 24.4 Å². The lowest BCUT2D eigenvalue weighted by atomic mass is 10.2. The summed E-state index contributed by atoms with van der Waals surface area (Å²) in [6, 6.07) is 7.76. The van der Waals surface area contributed by atoms with E-state index < -0.39 is 0 Å².